The van der Waals surface area contributed by atoms with Gasteiger partial charge in [-0.3, -0.25) is 9.59 Å². The molecule has 0 radical (unpaired) electrons. The molecule has 0 saturated heterocycles. The van der Waals surface area contributed by atoms with E-state index in [-0.39, 0.29) is 18.2 Å². The van der Waals surface area contributed by atoms with Crippen LogP contribution in [0.4, 0.5) is 5.82 Å². The molecule has 31 heavy (non-hydrogen) atoms. The first-order chi connectivity index (χ1) is 15.1. The number of hydrogen-bond acceptors (Lipinski definition) is 4. The zero-order chi connectivity index (χ0) is 22.1. The molecule has 0 aliphatic carbocycles. The Balaban J connectivity index is 1.72. The SMILES string of the molecule is CCN(CC)C(=O)c1cnn(-c2ccccc2)c1NC(=O)CCCOc1ccccc1. The van der Waals surface area contributed by atoms with Crippen LogP contribution >= 0.6 is 0 Å². The van der Waals surface area contributed by atoms with Gasteiger partial charge in [-0.2, -0.15) is 5.10 Å². The van der Waals surface area contributed by atoms with Gasteiger partial charge >= 0.3 is 0 Å². The second-order valence-corrected chi connectivity index (χ2v) is 6.94. The van der Waals surface area contributed by atoms with Gasteiger partial charge in [0.1, 0.15) is 17.1 Å². The second kappa shape index (κ2) is 11.0. The highest BCUT2D eigenvalue weighted by Gasteiger charge is 2.23. The summed E-state index contributed by atoms with van der Waals surface area (Å²) in [6.07, 6.45) is 2.34. The van der Waals surface area contributed by atoms with E-state index in [0.717, 1.165) is 11.4 Å². The number of para-hydroxylation sites is 2. The molecule has 1 N–H and O–H groups in total. The lowest BCUT2D eigenvalue weighted by atomic mass is 10.2. The summed E-state index contributed by atoms with van der Waals surface area (Å²) in [5.74, 6) is 0.812. The number of aromatic nitrogens is 2. The van der Waals surface area contributed by atoms with Crippen molar-refractivity contribution in [1.29, 1.82) is 0 Å². The summed E-state index contributed by atoms with van der Waals surface area (Å²) in [6.45, 7) is 5.44. The zero-order valence-corrected chi connectivity index (χ0v) is 18.0. The van der Waals surface area contributed by atoms with Crippen molar-refractivity contribution in [3.05, 3.63) is 72.4 Å². The Hall–Kier alpha value is -3.61. The third-order valence-electron chi connectivity index (χ3n) is 4.87. The number of carbonyl (C=O) groups is 2. The van der Waals surface area contributed by atoms with Crippen LogP contribution < -0.4 is 10.1 Å². The molecule has 0 aliphatic rings. The summed E-state index contributed by atoms with van der Waals surface area (Å²) in [4.78, 5) is 27.3. The van der Waals surface area contributed by atoms with Crippen LogP contribution in [0, 0.1) is 0 Å². The number of ether oxygens (including phenoxy) is 1. The fourth-order valence-electron chi connectivity index (χ4n) is 3.21. The van der Waals surface area contributed by atoms with Crippen molar-refractivity contribution in [3.8, 4) is 11.4 Å². The summed E-state index contributed by atoms with van der Waals surface area (Å²) in [7, 11) is 0. The lowest BCUT2D eigenvalue weighted by Crippen LogP contribution is -2.31. The highest BCUT2D eigenvalue weighted by molar-refractivity contribution is 6.03. The molecule has 2 aromatic carbocycles. The Morgan fingerprint density at radius 2 is 1.65 bits per heavy atom. The van der Waals surface area contributed by atoms with Gasteiger partial charge in [0.2, 0.25) is 5.91 Å². The van der Waals surface area contributed by atoms with Crippen molar-refractivity contribution in [2.24, 2.45) is 0 Å². The van der Waals surface area contributed by atoms with Crippen LogP contribution in [-0.4, -0.2) is 46.2 Å². The molecule has 3 aromatic rings. The molecule has 2 amide bonds. The smallest absolute Gasteiger partial charge is 0.259 e. The van der Waals surface area contributed by atoms with Gasteiger partial charge in [-0.25, -0.2) is 4.68 Å². The highest BCUT2D eigenvalue weighted by atomic mass is 16.5. The lowest BCUT2D eigenvalue weighted by Gasteiger charge is -2.19. The quantitative estimate of drug-likeness (QED) is 0.500. The van der Waals surface area contributed by atoms with Gasteiger partial charge in [-0.05, 0) is 44.5 Å². The van der Waals surface area contributed by atoms with Crippen molar-refractivity contribution in [2.75, 3.05) is 25.0 Å². The van der Waals surface area contributed by atoms with Crippen molar-refractivity contribution < 1.29 is 14.3 Å². The van der Waals surface area contributed by atoms with E-state index in [1.165, 1.54) is 6.20 Å². The topological polar surface area (TPSA) is 76.5 Å². The Labute approximate surface area is 182 Å². The molecule has 1 aromatic heterocycles. The number of amides is 2. The Morgan fingerprint density at radius 1 is 1.00 bits per heavy atom. The molecule has 3 rings (SSSR count). The van der Waals surface area contributed by atoms with Crippen LogP contribution in [0.25, 0.3) is 5.69 Å². The maximum atomic E-state index is 13.0. The Kier molecular flexibility index (Phi) is 7.81. The molecule has 0 atom stereocenters. The van der Waals surface area contributed by atoms with Crippen molar-refractivity contribution in [2.45, 2.75) is 26.7 Å². The van der Waals surface area contributed by atoms with Crippen LogP contribution in [-0.2, 0) is 4.79 Å². The predicted octanol–water partition coefficient (Wildman–Crippen LogP) is 4.15. The van der Waals surface area contributed by atoms with Gasteiger partial charge in [-0.1, -0.05) is 36.4 Å². The minimum absolute atomic E-state index is 0.158. The minimum Gasteiger partial charge on any atom is -0.494 e. The predicted molar refractivity (Wildman–Crippen MR) is 121 cm³/mol. The number of carbonyl (C=O) groups excluding carboxylic acids is 2. The summed E-state index contributed by atoms with van der Waals surface area (Å²) < 4.78 is 7.24. The molecule has 0 spiro atoms. The van der Waals surface area contributed by atoms with Crippen LogP contribution in [0.1, 0.15) is 37.0 Å². The minimum atomic E-state index is -0.192. The van der Waals surface area contributed by atoms with E-state index in [2.05, 4.69) is 10.4 Å². The Morgan fingerprint density at radius 3 is 2.29 bits per heavy atom. The lowest BCUT2D eigenvalue weighted by molar-refractivity contribution is -0.116. The third-order valence-corrected chi connectivity index (χ3v) is 4.87. The third kappa shape index (κ3) is 5.72. The number of nitrogens with one attached hydrogen (secondary N) is 1. The number of anilines is 1. The molecule has 162 valence electrons. The fourth-order valence-corrected chi connectivity index (χ4v) is 3.21. The summed E-state index contributed by atoms with van der Waals surface area (Å²) in [5, 5.41) is 7.28. The van der Waals surface area contributed by atoms with Gasteiger partial charge in [0.25, 0.3) is 5.91 Å². The Bertz CT molecular complexity index is 983. The summed E-state index contributed by atoms with van der Waals surface area (Å²) >= 11 is 0. The first-order valence-electron chi connectivity index (χ1n) is 10.5. The number of rotatable bonds is 10. The van der Waals surface area contributed by atoms with E-state index in [0.29, 0.717) is 37.5 Å². The highest BCUT2D eigenvalue weighted by Crippen LogP contribution is 2.22. The maximum absolute atomic E-state index is 13.0. The van der Waals surface area contributed by atoms with E-state index in [1.807, 2.05) is 74.5 Å². The molecular formula is C24H28N4O3. The van der Waals surface area contributed by atoms with Crippen LogP contribution in [0.3, 0.4) is 0 Å². The summed E-state index contributed by atoms with van der Waals surface area (Å²) in [6, 6.07) is 18.9. The molecule has 7 nitrogen and oxygen atoms in total. The second-order valence-electron chi connectivity index (χ2n) is 6.94. The average molecular weight is 421 g/mol. The van der Waals surface area contributed by atoms with Gasteiger partial charge in [0, 0.05) is 19.5 Å². The van der Waals surface area contributed by atoms with Gasteiger partial charge in [0.15, 0.2) is 0 Å². The van der Waals surface area contributed by atoms with E-state index in [9.17, 15) is 9.59 Å². The normalized spacial score (nSPS) is 10.5. The molecule has 1 heterocycles. The van der Waals surface area contributed by atoms with Crippen LogP contribution in [0.2, 0.25) is 0 Å². The van der Waals surface area contributed by atoms with E-state index in [4.69, 9.17) is 4.74 Å². The van der Waals surface area contributed by atoms with Gasteiger partial charge < -0.3 is 15.0 Å². The number of nitrogens with zero attached hydrogens (tertiary/aromatic N) is 3. The van der Waals surface area contributed by atoms with Crippen molar-refractivity contribution >= 4 is 17.6 Å². The number of benzene rings is 2. The van der Waals surface area contributed by atoms with E-state index in [1.54, 1.807) is 9.58 Å². The molecule has 7 heteroatoms. The standard InChI is InChI=1S/C24H28N4O3/c1-3-27(4-2)24(30)21-18-25-28(19-12-7-5-8-13-19)23(21)26-22(29)16-11-17-31-20-14-9-6-10-15-20/h5-10,12-15,18H,3-4,11,16-17H2,1-2H3,(H,26,29). The van der Waals surface area contributed by atoms with E-state index >= 15 is 0 Å². The first-order valence-corrected chi connectivity index (χ1v) is 10.5. The monoisotopic (exact) mass is 420 g/mol. The van der Waals surface area contributed by atoms with Crippen LogP contribution in [0.5, 0.6) is 5.75 Å². The van der Waals surface area contributed by atoms with Crippen molar-refractivity contribution in [1.82, 2.24) is 14.7 Å². The first kappa shape index (κ1) is 22.1. The molecular weight excluding hydrogens is 392 g/mol. The van der Waals surface area contributed by atoms with Gasteiger partial charge in [0.05, 0.1) is 18.5 Å². The molecule has 0 unspecified atom stereocenters. The molecule has 0 bridgehead atoms. The van der Waals surface area contributed by atoms with E-state index < -0.39 is 0 Å². The zero-order valence-electron chi connectivity index (χ0n) is 18.0. The average Bonchev–Trinajstić information content (AvgIpc) is 3.22. The molecule has 0 fully saturated rings. The fraction of sp³-hybridized carbons (Fsp3) is 0.292. The van der Waals surface area contributed by atoms with Crippen LogP contribution in [0.15, 0.2) is 66.9 Å². The molecule has 0 aliphatic heterocycles. The summed E-state index contributed by atoms with van der Waals surface area (Å²) in [5.41, 5.74) is 1.14. The maximum Gasteiger partial charge on any atom is 0.259 e. The molecule has 0 saturated carbocycles. The largest absolute Gasteiger partial charge is 0.494 e. The van der Waals surface area contributed by atoms with Crippen molar-refractivity contribution in [3.63, 3.8) is 0 Å². The van der Waals surface area contributed by atoms with Gasteiger partial charge in [-0.15, -0.1) is 0 Å². The number of hydrogen-bond donors (Lipinski definition) is 1.